The first kappa shape index (κ1) is 58.3. The fourth-order valence-corrected chi connectivity index (χ4v) is 8.40. The second kappa shape index (κ2) is 42.6. The number of amidine groups is 1. The van der Waals surface area contributed by atoms with Crippen LogP contribution in [0.3, 0.4) is 0 Å². The molecule has 0 spiro atoms. The number of nitrogens with zero attached hydrogens (tertiary/aromatic N) is 3. The van der Waals surface area contributed by atoms with Crippen molar-refractivity contribution in [3.63, 3.8) is 0 Å². The molecule has 0 aromatic carbocycles. The Morgan fingerprint density at radius 3 is 1.32 bits per heavy atom. The summed E-state index contributed by atoms with van der Waals surface area (Å²) in [6.07, 6.45) is 39.9. The lowest BCUT2D eigenvalue weighted by Gasteiger charge is -2.23. The van der Waals surface area contributed by atoms with E-state index in [1.165, 1.54) is 96.3 Å². The molecular formula is C49H98N4O6S. The van der Waals surface area contributed by atoms with Crippen LogP contribution in [0.2, 0.25) is 0 Å². The third kappa shape index (κ3) is 41.6. The van der Waals surface area contributed by atoms with Gasteiger partial charge in [0.25, 0.3) is 0 Å². The number of hydrogen-bond acceptors (Lipinski definition) is 7. The van der Waals surface area contributed by atoms with Gasteiger partial charge in [-0.3, -0.25) is 9.59 Å². The van der Waals surface area contributed by atoms with Crippen molar-refractivity contribution in [2.45, 2.75) is 258 Å². The standard InChI is InChI=1S/C49H98N4O6S/c1-6-9-12-15-18-27-36-45-58-48(54)40-30-23-19-25-33-42-53(44-35-32-39-47(52(4)5)51-60(50,56)57)43-34-26-20-24-31-41-49(55)59-46(37-28-21-16-13-10-7-2)38-29-22-17-14-11-8-3/h46H,6-45H2,1-5H3,(H2,50,56,57). The van der Waals surface area contributed by atoms with Crippen molar-refractivity contribution < 1.29 is 27.5 Å². The lowest BCUT2D eigenvalue weighted by molar-refractivity contribution is -0.150. The summed E-state index contributed by atoms with van der Waals surface area (Å²) in [5.74, 6) is 0.430. The molecule has 0 heterocycles. The van der Waals surface area contributed by atoms with Crippen LogP contribution in [0, 0.1) is 0 Å². The van der Waals surface area contributed by atoms with Gasteiger partial charge in [-0.1, -0.05) is 162 Å². The van der Waals surface area contributed by atoms with Gasteiger partial charge in [-0.25, -0.2) is 5.14 Å². The molecule has 0 bridgehead atoms. The molecule has 11 heteroatoms. The van der Waals surface area contributed by atoms with Crippen LogP contribution in [0.15, 0.2) is 4.40 Å². The van der Waals surface area contributed by atoms with Crippen molar-refractivity contribution in [2.75, 3.05) is 40.3 Å². The number of unbranched alkanes of at least 4 members (excludes halogenated alkanes) is 25. The van der Waals surface area contributed by atoms with Gasteiger partial charge in [0.05, 0.1) is 6.61 Å². The van der Waals surface area contributed by atoms with Crippen molar-refractivity contribution in [3.8, 4) is 0 Å². The fourth-order valence-electron chi connectivity index (χ4n) is 7.85. The first-order valence-electron chi connectivity index (χ1n) is 25.4. The molecule has 0 unspecified atom stereocenters. The van der Waals surface area contributed by atoms with E-state index in [0.717, 1.165) is 135 Å². The van der Waals surface area contributed by atoms with Crippen LogP contribution in [-0.4, -0.2) is 82.4 Å². The third-order valence-corrected chi connectivity index (χ3v) is 12.1. The highest BCUT2D eigenvalue weighted by molar-refractivity contribution is 7.88. The average Bonchev–Trinajstić information content (AvgIpc) is 3.20. The Kier molecular flexibility index (Phi) is 41.4. The van der Waals surface area contributed by atoms with E-state index < -0.39 is 10.2 Å². The van der Waals surface area contributed by atoms with Crippen LogP contribution in [-0.2, 0) is 29.3 Å². The van der Waals surface area contributed by atoms with Gasteiger partial charge in [-0.15, -0.1) is 4.40 Å². The molecule has 0 aliphatic rings. The lowest BCUT2D eigenvalue weighted by Crippen LogP contribution is -2.28. The van der Waals surface area contributed by atoms with Gasteiger partial charge in [0.2, 0.25) is 0 Å². The Hall–Kier alpha value is -1.72. The van der Waals surface area contributed by atoms with Gasteiger partial charge in [-0.2, -0.15) is 8.42 Å². The minimum Gasteiger partial charge on any atom is -0.466 e. The topological polar surface area (TPSA) is 132 Å². The molecular weight excluding hydrogens is 773 g/mol. The summed E-state index contributed by atoms with van der Waals surface area (Å²) in [4.78, 5) is 29.3. The molecule has 0 saturated carbocycles. The first-order valence-corrected chi connectivity index (χ1v) is 26.9. The molecule has 0 aromatic rings. The molecule has 0 fully saturated rings. The molecule has 10 nitrogen and oxygen atoms in total. The molecule has 356 valence electrons. The highest BCUT2D eigenvalue weighted by Gasteiger charge is 2.15. The zero-order valence-electron chi connectivity index (χ0n) is 40.1. The molecule has 60 heavy (non-hydrogen) atoms. The highest BCUT2D eigenvalue weighted by atomic mass is 32.2. The second-order valence-electron chi connectivity index (χ2n) is 17.8. The number of hydrogen-bond donors (Lipinski definition) is 1. The SMILES string of the molecule is CCCCCCCCCOC(=O)CCCCCCCN(CCCCCCCC(=O)OC(CCCCCCCC)CCCCCCCC)CCCCC(=NS(N)(=O)=O)N(C)C. The van der Waals surface area contributed by atoms with Crippen LogP contribution in [0.4, 0.5) is 0 Å². The van der Waals surface area contributed by atoms with E-state index in [9.17, 15) is 18.0 Å². The number of esters is 2. The maximum absolute atomic E-state index is 12.9. The van der Waals surface area contributed by atoms with Crippen molar-refractivity contribution in [3.05, 3.63) is 0 Å². The van der Waals surface area contributed by atoms with Crippen molar-refractivity contribution in [2.24, 2.45) is 9.54 Å². The van der Waals surface area contributed by atoms with Crippen molar-refractivity contribution in [1.29, 1.82) is 0 Å². The zero-order valence-corrected chi connectivity index (χ0v) is 41.0. The maximum atomic E-state index is 12.9. The minimum absolute atomic E-state index is 0.00610. The van der Waals surface area contributed by atoms with Crippen molar-refractivity contribution >= 4 is 28.0 Å². The molecule has 0 aromatic heterocycles. The Balaban J connectivity index is 4.62. The van der Waals surface area contributed by atoms with Crippen LogP contribution < -0.4 is 5.14 Å². The zero-order chi connectivity index (χ0) is 44.4. The Labute approximate surface area is 371 Å². The van der Waals surface area contributed by atoms with Gasteiger partial charge in [0.1, 0.15) is 11.9 Å². The predicted octanol–water partition coefficient (Wildman–Crippen LogP) is 13.0. The summed E-state index contributed by atoms with van der Waals surface area (Å²) >= 11 is 0. The molecule has 0 amide bonds. The van der Waals surface area contributed by atoms with Gasteiger partial charge in [-0.05, 0) is 90.3 Å². The van der Waals surface area contributed by atoms with E-state index in [1.54, 1.807) is 19.0 Å². The Morgan fingerprint density at radius 2 is 0.867 bits per heavy atom. The quantitative estimate of drug-likeness (QED) is 0.0277. The molecule has 0 rings (SSSR count). The third-order valence-electron chi connectivity index (χ3n) is 11.7. The molecule has 0 aliphatic heterocycles. The monoisotopic (exact) mass is 871 g/mol. The van der Waals surface area contributed by atoms with Crippen LogP contribution in [0.25, 0.3) is 0 Å². The smallest absolute Gasteiger partial charge is 0.318 e. The normalized spacial score (nSPS) is 12.2. The van der Waals surface area contributed by atoms with E-state index in [-0.39, 0.29) is 18.0 Å². The van der Waals surface area contributed by atoms with Gasteiger partial charge < -0.3 is 19.3 Å². The van der Waals surface area contributed by atoms with E-state index in [2.05, 4.69) is 30.1 Å². The maximum Gasteiger partial charge on any atom is 0.318 e. The first-order chi connectivity index (χ1) is 29.0. The molecule has 2 N–H and O–H groups in total. The number of ether oxygens (including phenoxy) is 2. The molecule has 0 aliphatic carbocycles. The summed E-state index contributed by atoms with van der Waals surface area (Å²) in [5, 5.41) is 5.18. The molecule has 0 radical (unpaired) electrons. The summed E-state index contributed by atoms with van der Waals surface area (Å²) in [6.45, 7) is 10.3. The van der Waals surface area contributed by atoms with E-state index >= 15 is 0 Å². The fraction of sp³-hybridized carbons (Fsp3) is 0.939. The van der Waals surface area contributed by atoms with Gasteiger partial charge in [0.15, 0.2) is 0 Å². The Morgan fingerprint density at radius 1 is 0.500 bits per heavy atom. The van der Waals surface area contributed by atoms with E-state index in [0.29, 0.717) is 31.7 Å². The lowest BCUT2D eigenvalue weighted by atomic mass is 10.0. The summed E-state index contributed by atoms with van der Waals surface area (Å²) in [7, 11) is -0.328. The van der Waals surface area contributed by atoms with E-state index in [4.69, 9.17) is 14.6 Å². The van der Waals surface area contributed by atoms with Gasteiger partial charge in [0, 0.05) is 33.4 Å². The van der Waals surface area contributed by atoms with Crippen molar-refractivity contribution in [1.82, 2.24) is 9.80 Å². The number of carbonyl (C=O) groups excluding carboxylic acids is 2. The number of rotatable bonds is 45. The van der Waals surface area contributed by atoms with Crippen LogP contribution in [0.5, 0.6) is 0 Å². The summed E-state index contributed by atoms with van der Waals surface area (Å²) < 4.78 is 38.4. The van der Waals surface area contributed by atoms with Gasteiger partial charge >= 0.3 is 22.1 Å². The minimum atomic E-state index is -3.92. The number of carbonyl (C=O) groups is 2. The number of nitrogens with two attached hydrogens (primary N) is 1. The highest BCUT2D eigenvalue weighted by Crippen LogP contribution is 2.19. The average molecular weight is 871 g/mol. The summed E-state index contributed by atoms with van der Waals surface area (Å²) in [5.41, 5.74) is 0. The molecule has 0 saturated heterocycles. The Bertz CT molecular complexity index is 1100. The largest absolute Gasteiger partial charge is 0.466 e. The second-order valence-corrected chi connectivity index (χ2v) is 19.0. The summed E-state index contributed by atoms with van der Waals surface area (Å²) in [6, 6.07) is 0. The molecule has 0 atom stereocenters. The van der Waals surface area contributed by atoms with Crippen LogP contribution >= 0.6 is 0 Å². The van der Waals surface area contributed by atoms with Crippen LogP contribution in [0.1, 0.15) is 252 Å². The predicted molar refractivity (Wildman–Crippen MR) is 255 cm³/mol. The van der Waals surface area contributed by atoms with E-state index in [1.807, 2.05) is 0 Å².